The molecule has 42 heavy (non-hydrogen) atoms. The third-order valence-corrected chi connectivity index (χ3v) is 10.9. The van der Waals surface area contributed by atoms with E-state index in [0.29, 0.717) is 5.92 Å². The molecule has 0 heterocycles. The molecule has 0 aliphatic heterocycles. The summed E-state index contributed by atoms with van der Waals surface area (Å²) in [7, 11) is 0. The number of hydrogen-bond acceptors (Lipinski definition) is 0. The van der Waals surface area contributed by atoms with Crippen molar-refractivity contribution in [3.63, 3.8) is 0 Å². The van der Waals surface area contributed by atoms with E-state index in [2.05, 4.69) is 160 Å². The molecule has 0 nitrogen and oxygen atoms in total. The Bertz CT molecular complexity index is 1620. The normalized spacial score (nSPS) is 19.2. The number of fused-ring (bicyclic) bond motifs is 9. The summed E-state index contributed by atoms with van der Waals surface area (Å²) in [6.07, 6.45) is 6.04. The van der Waals surface area contributed by atoms with Crippen LogP contribution in [0.2, 0.25) is 0 Å². The maximum Gasteiger partial charge on any atom is 0.0689 e. The van der Waals surface area contributed by atoms with Crippen LogP contribution in [0.5, 0.6) is 0 Å². The van der Waals surface area contributed by atoms with E-state index in [1.54, 1.807) is 5.57 Å². The Balaban J connectivity index is 1.81. The summed E-state index contributed by atoms with van der Waals surface area (Å²) in [5.74, 6) is 0.479. The molecule has 0 fully saturated rings. The van der Waals surface area contributed by atoms with Gasteiger partial charge in [0.15, 0.2) is 0 Å². The Labute approximate surface area is 263 Å². The Morgan fingerprint density at radius 1 is 0.619 bits per heavy atom. The molecule has 0 N–H and O–H groups in total. The Hall–Kier alpha value is -2.38. The van der Waals surface area contributed by atoms with Gasteiger partial charge >= 0.3 is 0 Å². The second-order valence-corrected chi connectivity index (χ2v) is 18.2. The third kappa shape index (κ3) is 4.28. The van der Waals surface area contributed by atoms with Crippen LogP contribution < -0.4 is 0 Å². The van der Waals surface area contributed by atoms with E-state index in [1.807, 2.05) is 0 Å². The molecule has 1 atom stereocenters. The summed E-state index contributed by atoms with van der Waals surface area (Å²) in [4.78, 5) is 0. The molecular formula is C41H49Br. The molecule has 0 saturated carbocycles. The molecule has 0 bridgehead atoms. The van der Waals surface area contributed by atoms with Crippen LogP contribution >= 0.6 is 15.9 Å². The standard InChI is InChI=1S/C41H49Br/c1-37(2,3)24-13-16-28-29-17-14-25(38(4,5)6)20-32(29)41(31(28)19-24)33-21-26(39(7,8)9)15-18-30(33)36-34(41)22-27(23-35(36)42)40(10,11)12/h13-20,22-23,26H,21H2,1-12H3. The quantitative estimate of drug-likeness (QED) is 0.234. The predicted molar refractivity (Wildman–Crippen MR) is 186 cm³/mol. The first-order valence-corrected chi connectivity index (χ1v) is 16.6. The zero-order chi connectivity index (χ0) is 30.8. The van der Waals surface area contributed by atoms with Crippen molar-refractivity contribution in [1.29, 1.82) is 0 Å². The van der Waals surface area contributed by atoms with Gasteiger partial charge in [0.1, 0.15) is 0 Å². The average Bonchev–Trinajstić information content (AvgIpc) is 3.32. The Morgan fingerprint density at radius 3 is 1.55 bits per heavy atom. The van der Waals surface area contributed by atoms with Crippen LogP contribution in [0.1, 0.15) is 128 Å². The number of benzene rings is 3. The van der Waals surface area contributed by atoms with Gasteiger partial charge in [0.05, 0.1) is 5.41 Å². The van der Waals surface area contributed by atoms with Crippen LogP contribution in [0.15, 0.2) is 70.7 Å². The highest BCUT2D eigenvalue weighted by Gasteiger charge is 2.55. The minimum absolute atomic E-state index is 0.0381. The SMILES string of the molecule is CC(C)(C)c1ccc2c(c1)C1(C3=C(C=CC(C(C)(C)C)C3)c3c(Br)cc(C(C)(C)C)cc31)c1cc(C(C)(C)C)ccc1-2. The lowest BCUT2D eigenvalue weighted by Crippen LogP contribution is -2.32. The van der Waals surface area contributed by atoms with Crippen molar-refractivity contribution in [1.82, 2.24) is 0 Å². The summed E-state index contributed by atoms with van der Waals surface area (Å²) in [6, 6.07) is 19.7. The number of halogens is 1. The number of allylic oxidation sites excluding steroid dienone is 4. The smallest absolute Gasteiger partial charge is 0.0689 e. The van der Waals surface area contributed by atoms with Crippen molar-refractivity contribution in [3.05, 3.63) is 110 Å². The Morgan fingerprint density at radius 2 is 1.10 bits per heavy atom. The Kier molecular flexibility index (Phi) is 6.41. The highest BCUT2D eigenvalue weighted by Crippen LogP contribution is 2.66. The van der Waals surface area contributed by atoms with Gasteiger partial charge in [-0.2, -0.15) is 0 Å². The second kappa shape index (κ2) is 9.07. The molecule has 6 rings (SSSR count). The predicted octanol–water partition coefficient (Wildman–Crippen LogP) is 12.0. The van der Waals surface area contributed by atoms with E-state index in [0.717, 1.165) is 6.42 Å². The van der Waals surface area contributed by atoms with Gasteiger partial charge in [0.25, 0.3) is 0 Å². The highest BCUT2D eigenvalue weighted by atomic mass is 79.9. The zero-order valence-electron chi connectivity index (χ0n) is 27.9. The molecule has 0 aromatic heterocycles. The summed E-state index contributed by atoms with van der Waals surface area (Å²) in [5, 5.41) is 0. The summed E-state index contributed by atoms with van der Waals surface area (Å²) < 4.78 is 1.22. The van der Waals surface area contributed by atoms with E-state index in [9.17, 15) is 0 Å². The number of rotatable bonds is 0. The monoisotopic (exact) mass is 620 g/mol. The maximum atomic E-state index is 4.14. The van der Waals surface area contributed by atoms with Crippen molar-refractivity contribution < 1.29 is 0 Å². The van der Waals surface area contributed by atoms with Crippen LogP contribution in [-0.4, -0.2) is 0 Å². The van der Waals surface area contributed by atoms with Gasteiger partial charge < -0.3 is 0 Å². The largest absolute Gasteiger partial charge is 0.0800 e. The average molecular weight is 622 g/mol. The van der Waals surface area contributed by atoms with Crippen LogP contribution in [0, 0.1) is 11.3 Å². The first kappa shape index (κ1) is 29.7. The molecule has 0 radical (unpaired) electrons. The molecule has 1 unspecified atom stereocenters. The van der Waals surface area contributed by atoms with E-state index in [-0.39, 0.29) is 27.1 Å². The van der Waals surface area contributed by atoms with E-state index in [4.69, 9.17) is 0 Å². The highest BCUT2D eigenvalue weighted by molar-refractivity contribution is 9.10. The molecule has 3 aliphatic rings. The van der Waals surface area contributed by atoms with Crippen molar-refractivity contribution in [3.8, 4) is 11.1 Å². The fourth-order valence-corrected chi connectivity index (χ4v) is 8.21. The zero-order valence-corrected chi connectivity index (χ0v) is 29.5. The molecule has 0 saturated heterocycles. The lowest BCUT2D eigenvalue weighted by molar-refractivity contribution is 0.285. The van der Waals surface area contributed by atoms with Crippen LogP contribution in [-0.2, 0) is 21.7 Å². The van der Waals surface area contributed by atoms with Gasteiger partial charge in [-0.05, 0) is 95.7 Å². The van der Waals surface area contributed by atoms with Gasteiger partial charge in [-0.15, -0.1) is 0 Å². The van der Waals surface area contributed by atoms with Crippen molar-refractivity contribution in [2.24, 2.45) is 11.3 Å². The molecule has 3 aromatic rings. The number of hydrogen-bond donors (Lipinski definition) is 0. The minimum atomic E-state index is -0.310. The van der Waals surface area contributed by atoms with Crippen molar-refractivity contribution in [2.45, 2.75) is 111 Å². The van der Waals surface area contributed by atoms with Gasteiger partial charge in [0.2, 0.25) is 0 Å². The molecular weight excluding hydrogens is 572 g/mol. The molecule has 1 heteroatoms. The molecule has 220 valence electrons. The summed E-state index contributed by atoms with van der Waals surface area (Å²) >= 11 is 4.14. The van der Waals surface area contributed by atoms with E-state index in [1.165, 1.54) is 60.1 Å². The lowest BCUT2D eigenvalue weighted by atomic mass is 9.63. The van der Waals surface area contributed by atoms with Gasteiger partial charge in [0, 0.05) is 10.0 Å². The van der Waals surface area contributed by atoms with Crippen LogP contribution in [0.3, 0.4) is 0 Å². The van der Waals surface area contributed by atoms with Crippen LogP contribution in [0.25, 0.3) is 16.7 Å². The molecule has 3 aromatic carbocycles. The molecule has 3 aliphatic carbocycles. The minimum Gasteiger partial charge on any atom is -0.0800 e. The van der Waals surface area contributed by atoms with E-state index >= 15 is 0 Å². The van der Waals surface area contributed by atoms with E-state index < -0.39 is 0 Å². The lowest BCUT2D eigenvalue weighted by Gasteiger charge is -2.39. The molecule has 0 amide bonds. The van der Waals surface area contributed by atoms with Gasteiger partial charge in [-0.3, -0.25) is 0 Å². The summed E-state index contributed by atoms with van der Waals surface area (Å²) in [5.41, 5.74) is 15.9. The van der Waals surface area contributed by atoms with Crippen molar-refractivity contribution in [2.75, 3.05) is 0 Å². The second-order valence-electron chi connectivity index (χ2n) is 17.3. The topological polar surface area (TPSA) is 0 Å². The van der Waals surface area contributed by atoms with Gasteiger partial charge in [-0.25, -0.2) is 0 Å². The van der Waals surface area contributed by atoms with Crippen LogP contribution in [0.4, 0.5) is 0 Å². The maximum absolute atomic E-state index is 4.14. The summed E-state index contributed by atoms with van der Waals surface area (Å²) in [6.45, 7) is 28.3. The van der Waals surface area contributed by atoms with Gasteiger partial charge in [-0.1, -0.05) is 154 Å². The third-order valence-electron chi connectivity index (χ3n) is 10.3. The first-order chi connectivity index (χ1) is 19.3. The molecule has 1 spiro atoms. The first-order valence-electron chi connectivity index (χ1n) is 15.8. The van der Waals surface area contributed by atoms with Crippen molar-refractivity contribution >= 4 is 21.5 Å². The fourth-order valence-electron chi connectivity index (χ4n) is 7.54. The fraction of sp³-hybridized carbons (Fsp3) is 0.463.